The number of carbonyl (C=O) groups excluding carboxylic acids is 1. The van der Waals surface area contributed by atoms with Crippen molar-refractivity contribution in [3.05, 3.63) is 38.9 Å². The molecule has 1 aliphatic rings. The number of nitro benzene ring substituents is 1. The number of hydrogen-bond donors (Lipinski definition) is 0. The lowest BCUT2D eigenvalue weighted by atomic mass is 10.1. The number of benzene rings is 1. The minimum atomic E-state index is -3.14. The molecule has 1 aromatic carbocycles. The summed E-state index contributed by atoms with van der Waals surface area (Å²) in [6, 6.07) is 3.32. The van der Waals surface area contributed by atoms with Gasteiger partial charge in [0.05, 0.1) is 16.4 Å². The molecule has 21 heavy (non-hydrogen) atoms. The van der Waals surface area contributed by atoms with Crippen molar-refractivity contribution in [3.63, 3.8) is 0 Å². The Kier molecular flexibility index (Phi) is 4.20. The zero-order valence-electron chi connectivity index (χ0n) is 11.2. The van der Waals surface area contributed by atoms with Crippen molar-refractivity contribution in [1.29, 1.82) is 0 Å². The van der Waals surface area contributed by atoms with Gasteiger partial charge in [-0.25, -0.2) is 8.42 Å². The van der Waals surface area contributed by atoms with E-state index in [0.717, 1.165) is 6.07 Å². The highest BCUT2D eigenvalue weighted by Crippen LogP contribution is 2.26. The number of amides is 1. The Morgan fingerprint density at radius 1 is 1.48 bits per heavy atom. The van der Waals surface area contributed by atoms with Crippen LogP contribution in [-0.4, -0.2) is 48.7 Å². The summed E-state index contributed by atoms with van der Waals surface area (Å²) in [7, 11) is -1.69. The summed E-state index contributed by atoms with van der Waals surface area (Å²) in [4.78, 5) is 23.9. The first-order valence-electron chi connectivity index (χ1n) is 6.13. The minimum absolute atomic E-state index is 0.0258. The van der Waals surface area contributed by atoms with Crippen molar-refractivity contribution >= 4 is 33.0 Å². The van der Waals surface area contributed by atoms with Gasteiger partial charge in [0.2, 0.25) is 0 Å². The third kappa shape index (κ3) is 3.33. The van der Waals surface area contributed by atoms with Gasteiger partial charge < -0.3 is 4.90 Å². The Morgan fingerprint density at radius 2 is 2.14 bits per heavy atom. The molecule has 1 aromatic rings. The highest BCUT2D eigenvalue weighted by molar-refractivity contribution is 7.91. The molecule has 0 aliphatic carbocycles. The van der Waals surface area contributed by atoms with Crippen LogP contribution in [0.15, 0.2) is 18.2 Å². The fourth-order valence-electron chi connectivity index (χ4n) is 2.27. The molecule has 1 aliphatic heterocycles. The molecule has 0 bridgehead atoms. The summed E-state index contributed by atoms with van der Waals surface area (Å²) in [5.74, 6) is -0.672. The van der Waals surface area contributed by atoms with Crippen LogP contribution in [0.1, 0.15) is 16.8 Å². The van der Waals surface area contributed by atoms with Crippen LogP contribution in [0.2, 0.25) is 5.02 Å². The molecule has 0 spiro atoms. The van der Waals surface area contributed by atoms with Gasteiger partial charge in [-0.2, -0.15) is 0 Å². The van der Waals surface area contributed by atoms with Crippen molar-refractivity contribution in [2.75, 3.05) is 18.6 Å². The first-order chi connectivity index (χ1) is 9.71. The third-order valence-electron chi connectivity index (χ3n) is 3.46. The van der Waals surface area contributed by atoms with E-state index in [0.29, 0.717) is 6.42 Å². The number of rotatable bonds is 3. The lowest BCUT2D eigenvalue weighted by Crippen LogP contribution is -2.38. The first-order valence-corrected chi connectivity index (χ1v) is 8.33. The monoisotopic (exact) mass is 332 g/mol. The molecule has 0 radical (unpaired) electrons. The Morgan fingerprint density at radius 3 is 2.67 bits per heavy atom. The topological polar surface area (TPSA) is 97.6 Å². The molecule has 1 heterocycles. The quantitative estimate of drug-likeness (QED) is 0.617. The third-order valence-corrected chi connectivity index (χ3v) is 5.45. The average Bonchev–Trinajstić information content (AvgIpc) is 2.77. The maximum Gasteiger partial charge on any atom is 0.283 e. The molecule has 1 unspecified atom stereocenters. The molecule has 1 fully saturated rings. The van der Waals surface area contributed by atoms with Crippen molar-refractivity contribution in [3.8, 4) is 0 Å². The molecule has 7 nitrogen and oxygen atoms in total. The van der Waals surface area contributed by atoms with Crippen LogP contribution in [-0.2, 0) is 9.84 Å². The van der Waals surface area contributed by atoms with Crippen LogP contribution in [0.4, 0.5) is 5.69 Å². The molecule has 9 heteroatoms. The maximum atomic E-state index is 12.4. The van der Waals surface area contributed by atoms with Gasteiger partial charge in [-0.3, -0.25) is 14.9 Å². The van der Waals surface area contributed by atoms with Crippen LogP contribution >= 0.6 is 11.6 Å². The highest BCUT2D eigenvalue weighted by atomic mass is 35.5. The zero-order valence-corrected chi connectivity index (χ0v) is 12.7. The van der Waals surface area contributed by atoms with Gasteiger partial charge in [0.15, 0.2) is 9.84 Å². The van der Waals surface area contributed by atoms with Gasteiger partial charge in [-0.05, 0) is 18.6 Å². The highest BCUT2D eigenvalue weighted by Gasteiger charge is 2.34. The molecule has 2 rings (SSSR count). The number of sulfone groups is 1. The summed E-state index contributed by atoms with van der Waals surface area (Å²) in [5, 5.41) is 11.2. The van der Waals surface area contributed by atoms with E-state index in [-0.39, 0.29) is 27.8 Å². The lowest BCUT2D eigenvalue weighted by Gasteiger charge is -2.23. The minimum Gasteiger partial charge on any atom is -0.337 e. The Labute approximate surface area is 126 Å². The van der Waals surface area contributed by atoms with E-state index < -0.39 is 26.7 Å². The molecule has 0 saturated carbocycles. The van der Waals surface area contributed by atoms with E-state index >= 15 is 0 Å². The second-order valence-electron chi connectivity index (χ2n) is 4.89. The van der Waals surface area contributed by atoms with E-state index in [2.05, 4.69) is 0 Å². The normalized spacial score (nSPS) is 20.2. The van der Waals surface area contributed by atoms with Gasteiger partial charge in [-0.1, -0.05) is 11.6 Å². The van der Waals surface area contributed by atoms with Crippen LogP contribution in [0.5, 0.6) is 0 Å². The van der Waals surface area contributed by atoms with Crippen LogP contribution in [0, 0.1) is 10.1 Å². The Bertz CT molecular complexity index is 704. The lowest BCUT2D eigenvalue weighted by molar-refractivity contribution is -0.385. The molecular formula is C12H13ClN2O5S. The summed E-state index contributed by atoms with van der Waals surface area (Å²) >= 11 is 5.70. The van der Waals surface area contributed by atoms with Gasteiger partial charge in [0.1, 0.15) is 5.56 Å². The molecule has 0 N–H and O–H groups in total. The molecule has 0 aromatic heterocycles. The summed E-state index contributed by atoms with van der Waals surface area (Å²) < 4.78 is 22.9. The summed E-state index contributed by atoms with van der Waals surface area (Å²) in [6.45, 7) is 0. The number of carbonyl (C=O) groups is 1. The fraction of sp³-hybridized carbons (Fsp3) is 0.417. The van der Waals surface area contributed by atoms with Crippen LogP contribution < -0.4 is 0 Å². The van der Waals surface area contributed by atoms with E-state index in [1.807, 2.05) is 0 Å². The van der Waals surface area contributed by atoms with Crippen molar-refractivity contribution in [2.24, 2.45) is 0 Å². The first kappa shape index (κ1) is 15.7. The number of hydrogen-bond acceptors (Lipinski definition) is 5. The number of halogens is 1. The fourth-order valence-corrected chi connectivity index (χ4v) is 4.21. The van der Waals surface area contributed by atoms with Crippen LogP contribution in [0.25, 0.3) is 0 Å². The molecule has 114 valence electrons. The van der Waals surface area contributed by atoms with E-state index in [1.165, 1.54) is 24.1 Å². The van der Waals surface area contributed by atoms with Crippen LogP contribution in [0.3, 0.4) is 0 Å². The maximum absolute atomic E-state index is 12.4. The summed E-state index contributed by atoms with van der Waals surface area (Å²) in [6.07, 6.45) is 0.339. The predicted molar refractivity (Wildman–Crippen MR) is 77.3 cm³/mol. The van der Waals surface area contributed by atoms with E-state index in [9.17, 15) is 23.3 Å². The van der Waals surface area contributed by atoms with Gasteiger partial charge in [0.25, 0.3) is 11.6 Å². The zero-order chi connectivity index (χ0) is 15.8. The number of nitro groups is 1. The van der Waals surface area contributed by atoms with Gasteiger partial charge >= 0.3 is 0 Å². The van der Waals surface area contributed by atoms with Crippen molar-refractivity contribution in [2.45, 2.75) is 12.5 Å². The van der Waals surface area contributed by atoms with Gasteiger partial charge in [-0.15, -0.1) is 0 Å². The Balaban J connectivity index is 2.30. The SMILES string of the molecule is CN(C(=O)c1ccc(Cl)cc1[N+](=O)[O-])C1CCS(=O)(=O)C1. The molecular weight excluding hydrogens is 320 g/mol. The smallest absolute Gasteiger partial charge is 0.283 e. The van der Waals surface area contributed by atoms with E-state index in [4.69, 9.17) is 11.6 Å². The largest absolute Gasteiger partial charge is 0.337 e. The average molecular weight is 333 g/mol. The second-order valence-corrected chi connectivity index (χ2v) is 7.56. The van der Waals surface area contributed by atoms with Gasteiger partial charge in [0, 0.05) is 24.2 Å². The van der Waals surface area contributed by atoms with E-state index in [1.54, 1.807) is 0 Å². The second kappa shape index (κ2) is 5.61. The molecule has 1 amide bonds. The van der Waals surface area contributed by atoms with Crippen molar-refractivity contribution in [1.82, 2.24) is 4.90 Å². The molecule has 1 atom stereocenters. The Hall–Kier alpha value is -1.67. The molecule has 1 saturated heterocycles. The predicted octanol–water partition coefficient (Wildman–Crippen LogP) is 1.51. The summed E-state index contributed by atoms with van der Waals surface area (Å²) in [5.41, 5.74) is -0.489. The number of nitrogens with zero attached hydrogens (tertiary/aromatic N) is 2. The standard InChI is InChI=1S/C12H13ClN2O5S/c1-14(9-4-5-21(19,20)7-9)12(16)10-3-2-8(13)6-11(10)15(17)18/h2-3,6,9H,4-5,7H2,1H3. The van der Waals surface area contributed by atoms with Crippen molar-refractivity contribution < 1.29 is 18.1 Å².